The molecular weight excluding hydrogens is 371 g/mol. The van der Waals surface area contributed by atoms with Gasteiger partial charge in [-0.15, -0.1) is 0 Å². The number of esters is 2. The highest BCUT2D eigenvalue weighted by atomic mass is 32.2. The molecule has 0 amide bonds. The van der Waals surface area contributed by atoms with Gasteiger partial charge in [0, 0.05) is 11.1 Å². The van der Waals surface area contributed by atoms with Crippen LogP contribution in [0, 0.1) is 0 Å². The summed E-state index contributed by atoms with van der Waals surface area (Å²) < 4.78 is 48.0. The highest BCUT2D eigenvalue weighted by Crippen LogP contribution is 2.42. The number of methoxy groups -OCH3 is 2. The van der Waals surface area contributed by atoms with Crippen molar-refractivity contribution in [1.29, 1.82) is 0 Å². The molecule has 0 spiro atoms. The molecule has 2 rings (SSSR count). The molecule has 0 N–H and O–H groups in total. The second kappa shape index (κ2) is 8.13. The molecule has 0 bridgehead atoms. The number of ether oxygens (including phenoxy) is 2. The minimum atomic E-state index is -4.52. The van der Waals surface area contributed by atoms with Gasteiger partial charge in [0.25, 0.3) is 0 Å². The summed E-state index contributed by atoms with van der Waals surface area (Å²) in [5, 5.41) is 0. The lowest BCUT2D eigenvalue weighted by atomic mass is 10.1. The Hall–Kier alpha value is -2.68. The third-order valence-electron chi connectivity index (χ3n) is 3.24. The van der Waals surface area contributed by atoms with Crippen molar-refractivity contribution in [2.45, 2.75) is 10.4 Å². The number of alkyl halides is 3. The number of carbonyl (C=O) groups excluding carboxylic acids is 2. The van der Waals surface area contributed by atoms with Crippen LogP contribution in [0.25, 0.3) is 0 Å². The fourth-order valence-electron chi connectivity index (χ4n) is 2.22. The summed E-state index contributed by atoms with van der Waals surface area (Å²) in [6.45, 7) is 0. The fourth-order valence-corrected chi connectivity index (χ4v) is 2.89. The Morgan fingerprint density at radius 3 is 2.31 bits per heavy atom. The van der Waals surface area contributed by atoms with Crippen molar-refractivity contribution in [3.63, 3.8) is 0 Å². The number of nitrogens with zero attached hydrogens (tertiary/aromatic N) is 1. The highest BCUT2D eigenvalue weighted by molar-refractivity contribution is 8.00. The molecule has 1 aliphatic heterocycles. The molecule has 0 saturated heterocycles. The van der Waals surface area contributed by atoms with E-state index in [0.29, 0.717) is 0 Å². The standard InChI is InChI=1S/C17H14F3NO4S/c1-24-15(22)11-7-5-6-10-21(14(11)16(23)25-2)12-8-3-4-9-13(12)26-17(18,19)20/h3-10H,1-2H3. The molecule has 138 valence electrons. The quantitative estimate of drug-likeness (QED) is 0.581. The molecular formula is C17H14F3NO4S. The molecule has 0 unspecified atom stereocenters. The Morgan fingerprint density at radius 1 is 1.04 bits per heavy atom. The van der Waals surface area contributed by atoms with Crippen LogP contribution < -0.4 is 4.90 Å². The van der Waals surface area contributed by atoms with E-state index in [1.165, 1.54) is 53.6 Å². The van der Waals surface area contributed by atoms with E-state index in [0.717, 1.165) is 14.2 Å². The molecule has 1 aromatic carbocycles. The largest absolute Gasteiger partial charge is 0.465 e. The van der Waals surface area contributed by atoms with E-state index in [4.69, 9.17) is 4.74 Å². The minimum absolute atomic E-state index is 0.0663. The van der Waals surface area contributed by atoms with Gasteiger partial charge in [0.15, 0.2) is 0 Å². The van der Waals surface area contributed by atoms with Crippen LogP contribution in [0.1, 0.15) is 0 Å². The highest BCUT2D eigenvalue weighted by Gasteiger charge is 2.33. The average molecular weight is 385 g/mol. The lowest BCUT2D eigenvalue weighted by molar-refractivity contribution is -0.139. The zero-order chi connectivity index (χ0) is 19.3. The third kappa shape index (κ3) is 4.48. The second-order valence-electron chi connectivity index (χ2n) is 4.83. The average Bonchev–Trinajstić information content (AvgIpc) is 2.82. The van der Waals surface area contributed by atoms with Crippen molar-refractivity contribution in [1.82, 2.24) is 0 Å². The zero-order valence-electron chi connectivity index (χ0n) is 13.7. The van der Waals surface area contributed by atoms with Gasteiger partial charge in [0.05, 0.1) is 25.5 Å². The zero-order valence-corrected chi connectivity index (χ0v) is 14.6. The predicted octanol–water partition coefficient (Wildman–Crippen LogP) is 3.79. The van der Waals surface area contributed by atoms with Crippen molar-refractivity contribution in [2.24, 2.45) is 0 Å². The Labute approximate surface area is 151 Å². The minimum Gasteiger partial charge on any atom is -0.465 e. The number of allylic oxidation sites excluding steroid dienone is 2. The van der Waals surface area contributed by atoms with E-state index in [1.807, 2.05) is 0 Å². The Balaban J connectivity index is 2.67. The molecule has 9 heteroatoms. The molecule has 0 radical (unpaired) electrons. The van der Waals surface area contributed by atoms with Crippen LogP contribution >= 0.6 is 11.8 Å². The number of hydrogen-bond acceptors (Lipinski definition) is 6. The molecule has 0 aliphatic carbocycles. The monoisotopic (exact) mass is 385 g/mol. The normalized spacial score (nSPS) is 14.3. The van der Waals surface area contributed by atoms with Gasteiger partial charge in [-0.2, -0.15) is 13.2 Å². The van der Waals surface area contributed by atoms with Crippen LogP contribution in [0.5, 0.6) is 0 Å². The lowest BCUT2D eigenvalue weighted by Gasteiger charge is -2.25. The molecule has 0 fully saturated rings. The summed E-state index contributed by atoms with van der Waals surface area (Å²) in [6, 6.07) is 5.64. The predicted molar refractivity (Wildman–Crippen MR) is 90.2 cm³/mol. The first-order valence-corrected chi connectivity index (χ1v) is 8.00. The number of rotatable bonds is 4. The molecule has 0 aromatic heterocycles. The number of hydrogen-bond donors (Lipinski definition) is 0. The molecule has 1 heterocycles. The smallest absolute Gasteiger partial charge is 0.446 e. The van der Waals surface area contributed by atoms with Crippen molar-refractivity contribution in [3.05, 3.63) is 60.0 Å². The van der Waals surface area contributed by atoms with Crippen LogP contribution in [0.4, 0.5) is 18.9 Å². The second-order valence-corrected chi connectivity index (χ2v) is 5.94. The van der Waals surface area contributed by atoms with Gasteiger partial charge in [0.1, 0.15) is 5.70 Å². The number of thioether (sulfide) groups is 1. The van der Waals surface area contributed by atoms with E-state index < -0.39 is 17.4 Å². The van der Waals surface area contributed by atoms with Crippen molar-refractivity contribution < 1.29 is 32.2 Å². The Kier molecular flexibility index (Phi) is 6.14. The third-order valence-corrected chi connectivity index (χ3v) is 4.04. The number of halogens is 3. The van der Waals surface area contributed by atoms with Gasteiger partial charge in [-0.05, 0) is 36.0 Å². The summed E-state index contributed by atoms with van der Waals surface area (Å²) in [6.07, 6.45) is 5.64. The summed E-state index contributed by atoms with van der Waals surface area (Å²) in [7, 11) is 2.24. The van der Waals surface area contributed by atoms with Crippen LogP contribution in [-0.2, 0) is 19.1 Å². The molecule has 26 heavy (non-hydrogen) atoms. The van der Waals surface area contributed by atoms with E-state index >= 15 is 0 Å². The van der Waals surface area contributed by atoms with Crippen LogP contribution in [0.3, 0.4) is 0 Å². The van der Waals surface area contributed by atoms with E-state index in [2.05, 4.69) is 4.74 Å². The summed E-state index contributed by atoms with van der Waals surface area (Å²) in [5.41, 5.74) is -4.85. The van der Waals surface area contributed by atoms with Gasteiger partial charge in [-0.1, -0.05) is 18.2 Å². The number of carbonyl (C=O) groups is 2. The maximum Gasteiger partial charge on any atom is 0.446 e. The summed E-state index contributed by atoms with van der Waals surface area (Å²) in [4.78, 5) is 25.4. The number of para-hydroxylation sites is 1. The fraction of sp³-hybridized carbons (Fsp3) is 0.176. The molecule has 1 aliphatic rings. The van der Waals surface area contributed by atoms with Crippen LogP contribution in [0.15, 0.2) is 64.9 Å². The first-order chi connectivity index (χ1) is 12.3. The Morgan fingerprint density at radius 2 is 1.69 bits per heavy atom. The summed E-state index contributed by atoms with van der Waals surface area (Å²) >= 11 is -0.322. The summed E-state index contributed by atoms with van der Waals surface area (Å²) in [5.74, 6) is -1.72. The first-order valence-electron chi connectivity index (χ1n) is 7.18. The van der Waals surface area contributed by atoms with Gasteiger partial charge >= 0.3 is 17.4 Å². The maximum atomic E-state index is 12.9. The van der Waals surface area contributed by atoms with Gasteiger partial charge in [-0.3, -0.25) is 0 Å². The number of anilines is 1. The maximum absolute atomic E-state index is 12.9. The van der Waals surface area contributed by atoms with Gasteiger partial charge in [-0.25, -0.2) is 9.59 Å². The van der Waals surface area contributed by atoms with Crippen molar-refractivity contribution >= 4 is 29.4 Å². The van der Waals surface area contributed by atoms with Crippen LogP contribution in [-0.4, -0.2) is 31.7 Å². The van der Waals surface area contributed by atoms with Gasteiger partial charge < -0.3 is 14.4 Å². The lowest BCUT2D eigenvalue weighted by Crippen LogP contribution is -2.27. The molecule has 0 atom stereocenters. The molecule has 0 saturated carbocycles. The SMILES string of the molecule is COC(=O)C1=C(C(=O)OC)N(c2ccccc2SC(F)(F)F)C=CC=C1. The van der Waals surface area contributed by atoms with E-state index in [-0.39, 0.29) is 33.6 Å². The molecule has 5 nitrogen and oxygen atoms in total. The van der Waals surface area contributed by atoms with Crippen molar-refractivity contribution in [3.8, 4) is 0 Å². The Bertz CT molecular complexity index is 799. The van der Waals surface area contributed by atoms with E-state index in [9.17, 15) is 22.8 Å². The molecule has 1 aromatic rings. The topological polar surface area (TPSA) is 55.8 Å². The van der Waals surface area contributed by atoms with Gasteiger partial charge in [0.2, 0.25) is 0 Å². The van der Waals surface area contributed by atoms with Crippen LogP contribution in [0.2, 0.25) is 0 Å². The number of benzene rings is 1. The van der Waals surface area contributed by atoms with Crippen molar-refractivity contribution in [2.75, 3.05) is 19.1 Å². The first kappa shape index (κ1) is 19.6. The van der Waals surface area contributed by atoms with E-state index in [1.54, 1.807) is 0 Å².